The summed E-state index contributed by atoms with van der Waals surface area (Å²) < 4.78 is 42.7. The number of aliphatic hydroxyl groups is 5. The molecule has 2 rings (SSSR count). The lowest BCUT2D eigenvalue weighted by Gasteiger charge is -2.27. The van der Waals surface area contributed by atoms with Gasteiger partial charge in [-0.2, -0.15) is 9.29 Å². The molecule has 1 aliphatic heterocycles. The van der Waals surface area contributed by atoms with Crippen molar-refractivity contribution in [3.63, 3.8) is 0 Å². The highest BCUT2D eigenvalue weighted by atomic mass is 31.3. The van der Waals surface area contributed by atoms with Crippen molar-refractivity contribution in [2.45, 2.75) is 43.2 Å². The van der Waals surface area contributed by atoms with Crippen LogP contribution in [-0.2, 0) is 27.2 Å². The van der Waals surface area contributed by atoms with Crippen molar-refractivity contribution in [3.05, 3.63) is 22.7 Å². The Morgan fingerprint density at radius 3 is 2.45 bits per heavy atom. The average Bonchev–Trinajstić information content (AvgIpc) is 2.98. The van der Waals surface area contributed by atoms with E-state index in [1.807, 2.05) is 0 Å². The number of nitrogens with zero attached hydrogens (tertiary/aromatic N) is 2. The molecule has 0 bridgehead atoms. The van der Waals surface area contributed by atoms with Gasteiger partial charge in [-0.1, -0.05) is 0 Å². The largest absolute Gasteiger partial charge is 0.481 e. The summed E-state index contributed by atoms with van der Waals surface area (Å²) >= 11 is 0. The van der Waals surface area contributed by atoms with Gasteiger partial charge in [0.2, 0.25) is 0 Å². The van der Waals surface area contributed by atoms with Crippen LogP contribution in [-0.4, -0.2) is 94.7 Å². The van der Waals surface area contributed by atoms with Crippen LogP contribution in [0.1, 0.15) is 13.2 Å². The Labute approximate surface area is 185 Å². The molecule has 190 valence electrons. The minimum Gasteiger partial charge on any atom is -0.393 e. The molecule has 9 N–H and O–H groups in total. The van der Waals surface area contributed by atoms with Crippen LogP contribution in [0.4, 0.5) is 5.82 Å². The zero-order valence-corrected chi connectivity index (χ0v) is 18.8. The van der Waals surface area contributed by atoms with Crippen LogP contribution in [0.2, 0.25) is 0 Å². The molecule has 0 aliphatic carbocycles. The third-order valence-corrected chi connectivity index (χ3v) is 7.11. The van der Waals surface area contributed by atoms with E-state index in [2.05, 4.69) is 18.3 Å². The predicted octanol–water partition coefficient (Wildman–Crippen LogP) is -3.20. The van der Waals surface area contributed by atoms with Gasteiger partial charge in [0.1, 0.15) is 35.8 Å². The lowest BCUT2D eigenvalue weighted by Crippen LogP contribution is -2.45. The Bertz CT molecular complexity index is 973. The van der Waals surface area contributed by atoms with Crippen LogP contribution in [0.25, 0.3) is 0 Å². The molecule has 0 spiro atoms. The summed E-state index contributed by atoms with van der Waals surface area (Å²) in [7, 11) is -10.6. The standard InChI is InChI=1S/C14H25N3O14P2/c1-14(23,6-18)8(19)5-29-33(26,27)31-32(24,25)28-4-7-10(20)11(21)12(30-7)17-3-2-9(15)16-13(17)22/h2-3,7-8,10-12,18-21,23H,4-6H2,1H3,(H,24,25)(H,26,27)(H2,15,16,22)/t7-,8-,10-,11-,12-,14+/m1/s1/i14+2. The molecule has 33 heavy (non-hydrogen) atoms. The van der Waals surface area contributed by atoms with Crippen molar-refractivity contribution in [1.82, 2.24) is 9.55 Å². The molecule has 1 aromatic heterocycles. The summed E-state index contributed by atoms with van der Waals surface area (Å²) in [5.74, 6) is -0.106. The smallest absolute Gasteiger partial charge is 0.393 e. The quantitative estimate of drug-likeness (QED) is 0.133. The highest BCUT2D eigenvalue weighted by Gasteiger charge is 2.46. The lowest BCUT2D eigenvalue weighted by atomic mass is 10.1. The molecule has 1 aliphatic rings. The minimum absolute atomic E-state index is 0.106. The van der Waals surface area contributed by atoms with E-state index in [4.69, 9.17) is 15.6 Å². The number of hydrogen-bond donors (Lipinski definition) is 8. The van der Waals surface area contributed by atoms with Crippen molar-refractivity contribution < 1.29 is 62.5 Å². The number of anilines is 1. The SMILES string of the molecule is C[14C@](O)(CO)[C@H](O)COP(=O)(O)OP(=O)(O)OC[C@H]1O[C@@H](n2ccc(N)nc2=O)[C@H](O)[C@@H]1O. The van der Waals surface area contributed by atoms with Crippen molar-refractivity contribution in [2.75, 3.05) is 25.6 Å². The van der Waals surface area contributed by atoms with Crippen LogP contribution < -0.4 is 11.4 Å². The fraction of sp³-hybridized carbons (Fsp3) is 0.714. The number of phosphoric acid groups is 2. The van der Waals surface area contributed by atoms with E-state index in [-0.39, 0.29) is 5.82 Å². The topological polar surface area (TPSA) is 274 Å². The van der Waals surface area contributed by atoms with E-state index in [0.717, 1.165) is 17.7 Å². The van der Waals surface area contributed by atoms with Gasteiger partial charge in [-0.25, -0.2) is 13.9 Å². The number of ether oxygens (including phenoxy) is 1. The first kappa shape index (κ1) is 27.9. The van der Waals surface area contributed by atoms with Crippen molar-refractivity contribution in [1.29, 1.82) is 0 Å². The van der Waals surface area contributed by atoms with E-state index in [1.165, 1.54) is 6.07 Å². The van der Waals surface area contributed by atoms with Gasteiger partial charge in [0.15, 0.2) is 6.23 Å². The Hall–Kier alpha value is -1.30. The van der Waals surface area contributed by atoms with Gasteiger partial charge >= 0.3 is 21.3 Å². The maximum absolute atomic E-state index is 12.0. The average molecular weight is 523 g/mol. The zero-order valence-electron chi connectivity index (χ0n) is 17.0. The summed E-state index contributed by atoms with van der Waals surface area (Å²) in [4.78, 5) is 34.5. The molecule has 0 aromatic carbocycles. The molecule has 0 saturated carbocycles. The molecular weight excluding hydrogens is 498 g/mol. The molecule has 19 heteroatoms. The first-order valence-corrected chi connectivity index (χ1v) is 12.1. The molecule has 8 atom stereocenters. The van der Waals surface area contributed by atoms with Gasteiger partial charge in [-0.15, -0.1) is 0 Å². The van der Waals surface area contributed by atoms with Crippen LogP contribution in [0, 0.1) is 0 Å². The van der Waals surface area contributed by atoms with Crippen molar-refractivity contribution in [3.8, 4) is 0 Å². The fourth-order valence-corrected chi connectivity index (χ4v) is 4.60. The van der Waals surface area contributed by atoms with E-state index >= 15 is 0 Å². The van der Waals surface area contributed by atoms with E-state index in [0.29, 0.717) is 0 Å². The predicted molar refractivity (Wildman–Crippen MR) is 105 cm³/mol. The van der Waals surface area contributed by atoms with Gasteiger partial charge in [0, 0.05) is 6.20 Å². The number of aromatic nitrogens is 2. The van der Waals surface area contributed by atoms with Crippen LogP contribution in [0.15, 0.2) is 17.1 Å². The maximum atomic E-state index is 12.0. The number of nitrogens with two attached hydrogens (primary N) is 1. The van der Waals surface area contributed by atoms with Gasteiger partial charge in [0.25, 0.3) is 0 Å². The second-order valence-corrected chi connectivity index (χ2v) is 10.3. The molecule has 17 nitrogen and oxygen atoms in total. The molecule has 1 saturated heterocycles. The third-order valence-electron chi connectivity index (χ3n) is 4.50. The fourth-order valence-electron chi connectivity index (χ4n) is 2.51. The summed E-state index contributed by atoms with van der Waals surface area (Å²) in [6.07, 6.45) is -7.07. The molecule has 2 heterocycles. The number of rotatable bonds is 11. The van der Waals surface area contributed by atoms with Crippen molar-refractivity contribution >= 4 is 21.5 Å². The Kier molecular flexibility index (Phi) is 8.92. The zero-order chi connectivity index (χ0) is 25.2. The number of aliphatic hydroxyl groups excluding tert-OH is 4. The van der Waals surface area contributed by atoms with E-state index in [1.54, 1.807) is 0 Å². The number of nitrogen functional groups attached to an aromatic ring is 1. The van der Waals surface area contributed by atoms with Gasteiger partial charge in [0.05, 0.1) is 19.8 Å². The van der Waals surface area contributed by atoms with E-state index < -0.39 is 77.4 Å². The molecule has 1 aromatic rings. The van der Waals surface area contributed by atoms with Crippen LogP contribution >= 0.6 is 15.6 Å². The molecule has 0 amide bonds. The first-order chi connectivity index (χ1) is 15.1. The highest BCUT2D eigenvalue weighted by molar-refractivity contribution is 7.61. The van der Waals surface area contributed by atoms with Gasteiger partial charge < -0.3 is 45.8 Å². The Balaban J connectivity index is 1.96. The Morgan fingerprint density at radius 2 is 1.88 bits per heavy atom. The van der Waals surface area contributed by atoms with Crippen molar-refractivity contribution in [2.24, 2.45) is 0 Å². The Morgan fingerprint density at radius 1 is 1.27 bits per heavy atom. The summed E-state index contributed by atoms with van der Waals surface area (Å²) in [5, 5.41) is 48.3. The normalized spacial score (nSPS) is 29.7. The maximum Gasteiger partial charge on any atom is 0.481 e. The summed E-state index contributed by atoms with van der Waals surface area (Å²) in [6.45, 7) is -1.94. The molecule has 2 unspecified atom stereocenters. The van der Waals surface area contributed by atoms with Gasteiger partial charge in [-0.05, 0) is 13.0 Å². The van der Waals surface area contributed by atoms with E-state index in [9.17, 15) is 44.1 Å². The van der Waals surface area contributed by atoms with Gasteiger partial charge in [-0.3, -0.25) is 13.6 Å². The second-order valence-electron chi connectivity index (χ2n) is 7.23. The molecule has 0 radical (unpaired) electrons. The number of hydrogen-bond acceptors (Lipinski definition) is 14. The summed E-state index contributed by atoms with van der Waals surface area (Å²) in [5.41, 5.74) is 2.35. The third kappa shape index (κ3) is 7.34. The first-order valence-electron chi connectivity index (χ1n) is 9.12. The van der Waals surface area contributed by atoms with Crippen LogP contribution in [0.3, 0.4) is 0 Å². The number of phosphoric ester groups is 2. The van der Waals surface area contributed by atoms with Crippen LogP contribution in [0.5, 0.6) is 0 Å². The molecule has 1 fully saturated rings. The molecular formula is C14H25N3O14P2. The minimum atomic E-state index is -5.33. The lowest BCUT2D eigenvalue weighted by molar-refractivity contribution is -0.107. The summed E-state index contributed by atoms with van der Waals surface area (Å²) in [6, 6.07) is 1.22. The highest BCUT2D eigenvalue weighted by Crippen LogP contribution is 2.60. The monoisotopic (exact) mass is 523 g/mol. The second kappa shape index (κ2) is 10.5.